The van der Waals surface area contributed by atoms with Crippen LogP contribution in [0.4, 0.5) is 10.1 Å². The second kappa shape index (κ2) is 5.34. The van der Waals surface area contributed by atoms with E-state index in [4.69, 9.17) is 23.2 Å². The highest BCUT2D eigenvalue weighted by Gasteiger charge is 2.02. The molecule has 0 aliphatic carbocycles. The van der Waals surface area contributed by atoms with Gasteiger partial charge < -0.3 is 5.32 Å². The summed E-state index contributed by atoms with van der Waals surface area (Å²) >= 11 is 11.3. The highest BCUT2D eigenvalue weighted by atomic mass is 35.5. The summed E-state index contributed by atoms with van der Waals surface area (Å²) in [6.45, 7) is 0.475. The Labute approximate surface area is 108 Å². The fraction of sp³-hybridized carbons (Fsp3) is 0.0833. The zero-order chi connectivity index (χ0) is 12.3. The van der Waals surface area contributed by atoms with Crippen molar-refractivity contribution in [2.75, 3.05) is 5.32 Å². The smallest absolute Gasteiger partial charge is 0.147 e. The van der Waals surface area contributed by atoms with E-state index in [1.54, 1.807) is 24.4 Å². The molecule has 88 valence electrons. The van der Waals surface area contributed by atoms with Gasteiger partial charge in [-0.1, -0.05) is 29.3 Å². The van der Waals surface area contributed by atoms with Crippen LogP contribution in [0.25, 0.3) is 0 Å². The van der Waals surface area contributed by atoms with Gasteiger partial charge in [-0.05, 0) is 29.8 Å². The molecule has 2 nitrogen and oxygen atoms in total. The van der Waals surface area contributed by atoms with Crippen LogP contribution in [0.2, 0.25) is 10.2 Å². The maximum absolute atomic E-state index is 13.4. The minimum atomic E-state index is -0.376. The summed E-state index contributed by atoms with van der Waals surface area (Å²) in [6, 6.07) is 8.02. The van der Waals surface area contributed by atoms with Crippen LogP contribution in [0.1, 0.15) is 5.56 Å². The monoisotopic (exact) mass is 270 g/mol. The topological polar surface area (TPSA) is 24.9 Å². The molecule has 0 bridgehead atoms. The molecule has 1 aromatic carbocycles. The minimum Gasteiger partial charge on any atom is -0.379 e. The van der Waals surface area contributed by atoms with Crippen molar-refractivity contribution < 1.29 is 4.39 Å². The van der Waals surface area contributed by atoms with Gasteiger partial charge in [0.25, 0.3) is 0 Å². The Bertz CT molecular complexity index is 514. The Morgan fingerprint density at radius 3 is 2.65 bits per heavy atom. The lowest BCUT2D eigenvalue weighted by Crippen LogP contribution is -2.01. The summed E-state index contributed by atoms with van der Waals surface area (Å²) in [4.78, 5) is 3.94. The number of nitrogens with one attached hydrogen (secondary N) is 1. The summed E-state index contributed by atoms with van der Waals surface area (Å²) in [7, 11) is 0. The molecule has 0 saturated heterocycles. The SMILES string of the molecule is Fc1cc(Cl)ccc1NCc1ccc(Cl)nc1. The van der Waals surface area contributed by atoms with Crippen molar-refractivity contribution in [2.45, 2.75) is 6.54 Å². The van der Waals surface area contributed by atoms with Crippen molar-refractivity contribution in [2.24, 2.45) is 0 Å². The van der Waals surface area contributed by atoms with Crippen molar-refractivity contribution in [3.8, 4) is 0 Å². The van der Waals surface area contributed by atoms with Gasteiger partial charge in [0.05, 0.1) is 5.69 Å². The van der Waals surface area contributed by atoms with Crippen molar-refractivity contribution in [3.05, 3.63) is 58.1 Å². The number of nitrogens with zero attached hydrogens (tertiary/aromatic N) is 1. The van der Waals surface area contributed by atoms with Gasteiger partial charge in [-0.2, -0.15) is 0 Å². The predicted molar refractivity (Wildman–Crippen MR) is 68.0 cm³/mol. The fourth-order valence-electron chi connectivity index (χ4n) is 1.34. The summed E-state index contributed by atoms with van der Waals surface area (Å²) in [5.41, 5.74) is 1.33. The van der Waals surface area contributed by atoms with Crippen molar-refractivity contribution >= 4 is 28.9 Å². The Hall–Kier alpha value is -1.32. The fourth-order valence-corrected chi connectivity index (χ4v) is 1.61. The summed E-state index contributed by atoms with van der Waals surface area (Å²) in [5, 5.41) is 3.77. The third-order valence-electron chi connectivity index (χ3n) is 2.20. The molecule has 17 heavy (non-hydrogen) atoms. The van der Waals surface area contributed by atoms with Gasteiger partial charge in [0.15, 0.2) is 0 Å². The van der Waals surface area contributed by atoms with Crippen LogP contribution in [0.3, 0.4) is 0 Å². The van der Waals surface area contributed by atoms with Crippen LogP contribution in [-0.4, -0.2) is 4.98 Å². The second-order valence-electron chi connectivity index (χ2n) is 3.47. The van der Waals surface area contributed by atoms with E-state index in [2.05, 4.69) is 10.3 Å². The molecular formula is C12H9Cl2FN2. The summed E-state index contributed by atoms with van der Waals surface area (Å²) in [5.74, 6) is -0.376. The third-order valence-corrected chi connectivity index (χ3v) is 2.66. The van der Waals surface area contributed by atoms with Crippen LogP contribution in [0.15, 0.2) is 36.5 Å². The van der Waals surface area contributed by atoms with Gasteiger partial charge in [0.1, 0.15) is 11.0 Å². The maximum Gasteiger partial charge on any atom is 0.147 e. The number of hydrogen-bond donors (Lipinski definition) is 1. The van der Waals surface area contributed by atoms with E-state index in [-0.39, 0.29) is 5.82 Å². The molecule has 2 rings (SSSR count). The zero-order valence-corrected chi connectivity index (χ0v) is 10.3. The standard InChI is InChI=1S/C12H9Cl2FN2/c13-9-2-3-11(10(15)5-9)16-6-8-1-4-12(14)17-7-8/h1-5,7,16H,6H2. The maximum atomic E-state index is 13.4. The average molecular weight is 271 g/mol. The van der Waals surface area contributed by atoms with E-state index in [1.165, 1.54) is 6.07 Å². The highest BCUT2D eigenvalue weighted by molar-refractivity contribution is 6.30. The van der Waals surface area contributed by atoms with E-state index < -0.39 is 0 Å². The first-order chi connectivity index (χ1) is 8.15. The van der Waals surface area contributed by atoms with Crippen LogP contribution in [0.5, 0.6) is 0 Å². The van der Waals surface area contributed by atoms with Gasteiger partial charge in [-0.3, -0.25) is 0 Å². The first-order valence-electron chi connectivity index (χ1n) is 4.94. The molecule has 2 aromatic rings. The molecule has 0 radical (unpaired) electrons. The van der Waals surface area contributed by atoms with E-state index >= 15 is 0 Å². The molecule has 1 N–H and O–H groups in total. The first-order valence-corrected chi connectivity index (χ1v) is 5.70. The number of benzene rings is 1. The molecular weight excluding hydrogens is 262 g/mol. The highest BCUT2D eigenvalue weighted by Crippen LogP contribution is 2.19. The molecule has 0 aliphatic rings. The van der Waals surface area contributed by atoms with Crippen LogP contribution < -0.4 is 5.32 Å². The Kier molecular flexibility index (Phi) is 3.82. The van der Waals surface area contributed by atoms with E-state index in [0.717, 1.165) is 5.56 Å². The quantitative estimate of drug-likeness (QED) is 0.848. The second-order valence-corrected chi connectivity index (χ2v) is 4.29. The molecule has 0 unspecified atom stereocenters. The lowest BCUT2D eigenvalue weighted by atomic mass is 10.2. The Morgan fingerprint density at radius 2 is 2.00 bits per heavy atom. The van der Waals surface area contributed by atoms with Crippen LogP contribution in [0, 0.1) is 5.82 Å². The van der Waals surface area contributed by atoms with E-state index in [9.17, 15) is 4.39 Å². The number of hydrogen-bond acceptors (Lipinski definition) is 2. The van der Waals surface area contributed by atoms with Crippen LogP contribution in [-0.2, 0) is 6.54 Å². The molecule has 0 saturated carbocycles. The zero-order valence-electron chi connectivity index (χ0n) is 8.75. The molecule has 1 aromatic heterocycles. The van der Waals surface area contributed by atoms with Crippen molar-refractivity contribution in [1.29, 1.82) is 0 Å². The van der Waals surface area contributed by atoms with E-state index in [0.29, 0.717) is 22.4 Å². The van der Waals surface area contributed by atoms with Gasteiger partial charge in [0.2, 0.25) is 0 Å². The minimum absolute atomic E-state index is 0.376. The lowest BCUT2D eigenvalue weighted by Gasteiger charge is -2.07. The molecule has 0 amide bonds. The lowest BCUT2D eigenvalue weighted by molar-refractivity contribution is 0.630. The van der Waals surface area contributed by atoms with Crippen LogP contribution >= 0.6 is 23.2 Å². The number of halogens is 3. The van der Waals surface area contributed by atoms with Gasteiger partial charge in [-0.15, -0.1) is 0 Å². The molecule has 0 fully saturated rings. The van der Waals surface area contributed by atoms with E-state index in [1.807, 2.05) is 6.07 Å². The predicted octanol–water partition coefficient (Wildman–Crippen LogP) is 4.14. The molecule has 0 aliphatic heterocycles. The Morgan fingerprint density at radius 1 is 1.18 bits per heavy atom. The average Bonchev–Trinajstić information content (AvgIpc) is 2.30. The number of anilines is 1. The summed E-state index contributed by atoms with van der Waals surface area (Å²) < 4.78 is 13.4. The van der Waals surface area contributed by atoms with Crippen molar-refractivity contribution in [1.82, 2.24) is 4.98 Å². The van der Waals surface area contributed by atoms with Gasteiger partial charge >= 0.3 is 0 Å². The molecule has 0 atom stereocenters. The largest absolute Gasteiger partial charge is 0.379 e. The number of rotatable bonds is 3. The summed E-state index contributed by atoms with van der Waals surface area (Å²) in [6.07, 6.45) is 1.64. The Balaban J connectivity index is 2.04. The molecule has 1 heterocycles. The molecule has 0 spiro atoms. The first kappa shape index (κ1) is 12.1. The van der Waals surface area contributed by atoms with Crippen molar-refractivity contribution in [3.63, 3.8) is 0 Å². The number of aromatic nitrogens is 1. The molecule has 5 heteroatoms. The third kappa shape index (κ3) is 3.32. The normalized spacial score (nSPS) is 10.3. The van der Waals surface area contributed by atoms with Gasteiger partial charge in [0, 0.05) is 17.8 Å². The number of pyridine rings is 1. The van der Waals surface area contributed by atoms with Gasteiger partial charge in [-0.25, -0.2) is 9.37 Å².